The molecule has 1 atom stereocenters. The molecule has 1 aliphatic rings. The van der Waals surface area contributed by atoms with Gasteiger partial charge in [-0.15, -0.1) is 10.2 Å². The van der Waals surface area contributed by atoms with Crippen molar-refractivity contribution in [2.75, 3.05) is 4.90 Å². The van der Waals surface area contributed by atoms with Crippen LogP contribution >= 0.6 is 23.1 Å². The lowest BCUT2D eigenvalue weighted by molar-refractivity contribution is -0.384. The first kappa shape index (κ1) is 23.1. The SMILES string of the molecule is O=C1c2oc3ccccc3c(=O)c2C(c2ccc([N+](=O)[O-])cc2)N1c1nnc(SCc2ccccc2)s1. The molecule has 1 amide bonds. The number of carbonyl (C=O) groups is 1. The van der Waals surface area contributed by atoms with Crippen molar-refractivity contribution in [3.8, 4) is 0 Å². The molecule has 3 aromatic carbocycles. The summed E-state index contributed by atoms with van der Waals surface area (Å²) in [7, 11) is 0. The molecule has 9 nitrogen and oxygen atoms in total. The molecule has 1 aliphatic heterocycles. The third kappa shape index (κ3) is 4.07. The molecule has 0 N–H and O–H groups in total. The van der Waals surface area contributed by atoms with Crippen LogP contribution in [0.25, 0.3) is 11.0 Å². The molecule has 0 fully saturated rings. The highest BCUT2D eigenvalue weighted by Crippen LogP contribution is 2.43. The van der Waals surface area contributed by atoms with Crippen molar-refractivity contribution in [1.82, 2.24) is 10.2 Å². The van der Waals surface area contributed by atoms with Gasteiger partial charge in [-0.2, -0.15) is 0 Å². The molecule has 1 unspecified atom stereocenters. The van der Waals surface area contributed by atoms with Crippen LogP contribution in [0.2, 0.25) is 0 Å². The van der Waals surface area contributed by atoms with Gasteiger partial charge >= 0.3 is 0 Å². The van der Waals surface area contributed by atoms with Gasteiger partial charge in [-0.1, -0.05) is 65.6 Å². The average molecular weight is 529 g/mol. The van der Waals surface area contributed by atoms with Gasteiger partial charge in [-0.3, -0.25) is 24.6 Å². The number of rotatable bonds is 6. The fourth-order valence-electron chi connectivity index (χ4n) is 4.29. The van der Waals surface area contributed by atoms with E-state index in [1.807, 2.05) is 30.3 Å². The Morgan fingerprint density at radius 2 is 1.70 bits per heavy atom. The fraction of sp³-hybridized carbons (Fsp3) is 0.0769. The number of nitro benzene ring substituents is 1. The van der Waals surface area contributed by atoms with Crippen LogP contribution in [0.15, 0.2) is 92.4 Å². The van der Waals surface area contributed by atoms with Gasteiger partial charge in [0.1, 0.15) is 5.58 Å². The smallest absolute Gasteiger partial charge is 0.297 e. The van der Waals surface area contributed by atoms with Crippen LogP contribution < -0.4 is 10.3 Å². The molecule has 0 spiro atoms. The molecular formula is C26H16N4O5S2. The first-order valence-corrected chi connectivity index (χ1v) is 13.0. The number of aromatic nitrogens is 2. The molecule has 0 aliphatic carbocycles. The largest absolute Gasteiger partial charge is 0.450 e. The van der Waals surface area contributed by atoms with Gasteiger partial charge in [0.15, 0.2) is 9.77 Å². The number of para-hydroxylation sites is 1. The van der Waals surface area contributed by atoms with E-state index >= 15 is 0 Å². The number of fused-ring (bicyclic) bond motifs is 2. The first-order valence-electron chi connectivity index (χ1n) is 11.1. The number of hydrogen-bond acceptors (Lipinski definition) is 9. The zero-order valence-electron chi connectivity index (χ0n) is 18.9. The summed E-state index contributed by atoms with van der Waals surface area (Å²) >= 11 is 2.73. The number of nitrogens with zero attached hydrogens (tertiary/aromatic N) is 4. The van der Waals surface area contributed by atoms with Gasteiger partial charge in [0.05, 0.1) is 21.9 Å². The van der Waals surface area contributed by atoms with Crippen molar-refractivity contribution >= 4 is 50.8 Å². The second kappa shape index (κ2) is 9.26. The number of nitro groups is 1. The van der Waals surface area contributed by atoms with Gasteiger partial charge in [0, 0.05) is 17.9 Å². The Hall–Kier alpha value is -4.35. The maximum Gasteiger partial charge on any atom is 0.297 e. The molecule has 2 aromatic heterocycles. The number of thioether (sulfide) groups is 1. The van der Waals surface area contributed by atoms with E-state index < -0.39 is 16.9 Å². The summed E-state index contributed by atoms with van der Waals surface area (Å²) in [5, 5.41) is 20.4. The van der Waals surface area contributed by atoms with Gasteiger partial charge < -0.3 is 4.42 Å². The van der Waals surface area contributed by atoms with Gasteiger partial charge in [-0.25, -0.2) is 0 Å². The van der Waals surface area contributed by atoms with Crippen molar-refractivity contribution in [3.05, 3.63) is 122 Å². The van der Waals surface area contributed by atoms with E-state index in [-0.39, 0.29) is 22.4 Å². The average Bonchev–Trinajstić information content (AvgIpc) is 3.50. The minimum Gasteiger partial charge on any atom is -0.450 e. The minimum absolute atomic E-state index is 0.0688. The van der Waals surface area contributed by atoms with Crippen molar-refractivity contribution in [2.45, 2.75) is 16.1 Å². The Bertz CT molecular complexity index is 1720. The second-order valence-electron chi connectivity index (χ2n) is 8.22. The topological polar surface area (TPSA) is 119 Å². The summed E-state index contributed by atoms with van der Waals surface area (Å²) in [5.41, 5.74) is 1.69. The van der Waals surface area contributed by atoms with Crippen LogP contribution in [-0.4, -0.2) is 21.0 Å². The Balaban J connectivity index is 1.44. The standard InChI is InChI=1S/C26H16N4O5S2/c31-22-18-8-4-5-9-19(18)35-23-20(22)21(16-10-12-17(13-11-16)30(33)34)29(24(23)32)25-27-28-26(37-25)36-14-15-6-2-1-3-7-15/h1-13,21H,14H2. The van der Waals surface area contributed by atoms with E-state index in [0.29, 0.717) is 31.8 Å². The summed E-state index contributed by atoms with van der Waals surface area (Å²) in [6, 6.07) is 21.5. The summed E-state index contributed by atoms with van der Waals surface area (Å²) in [6.07, 6.45) is 0. The highest BCUT2D eigenvalue weighted by Gasteiger charge is 2.45. The van der Waals surface area contributed by atoms with Crippen LogP contribution in [0.3, 0.4) is 0 Å². The van der Waals surface area contributed by atoms with Crippen molar-refractivity contribution in [1.29, 1.82) is 0 Å². The van der Waals surface area contributed by atoms with Crippen LogP contribution in [-0.2, 0) is 5.75 Å². The zero-order valence-corrected chi connectivity index (χ0v) is 20.6. The molecule has 3 heterocycles. The quantitative estimate of drug-likeness (QED) is 0.121. The zero-order chi connectivity index (χ0) is 25.5. The van der Waals surface area contributed by atoms with Crippen LogP contribution in [0.1, 0.15) is 33.3 Å². The molecule has 0 bridgehead atoms. The first-order chi connectivity index (χ1) is 18.0. The number of benzene rings is 3. The van der Waals surface area contributed by atoms with Crippen LogP contribution in [0.4, 0.5) is 10.8 Å². The lowest BCUT2D eigenvalue weighted by atomic mass is 9.98. The molecule has 0 radical (unpaired) electrons. The summed E-state index contributed by atoms with van der Waals surface area (Å²) in [5.74, 6) is 0.0959. The molecule has 11 heteroatoms. The predicted octanol–water partition coefficient (Wildman–Crippen LogP) is 5.59. The summed E-state index contributed by atoms with van der Waals surface area (Å²) < 4.78 is 6.59. The normalized spacial score (nSPS) is 14.8. The van der Waals surface area contributed by atoms with Crippen molar-refractivity contribution in [2.24, 2.45) is 0 Å². The van der Waals surface area contributed by atoms with E-state index in [0.717, 1.165) is 5.56 Å². The van der Waals surface area contributed by atoms with Crippen LogP contribution in [0.5, 0.6) is 0 Å². The maximum atomic E-state index is 13.7. The number of anilines is 1. The lowest BCUT2D eigenvalue weighted by Gasteiger charge is -2.21. The Kier molecular flexibility index (Phi) is 5.78. The predicted molar refractivity (Wildman–Crippen MR) is 140 cm³/mol. The molecule has 37 heavy (non-hydrogen) atoms. The van der Waals surface area contributed by atoms with Crippen molar-refractivity contribution < 1.29 is 14.1 Å². The number of amides is 1. The summed E-state index contributed by atoms with van der Waals surface area (Å²) in [6.45, 7) is 0. The Labute approximate surface area is 217 Å². The monoisotopic (exact) mass is 528 g/mol. The molecule has 6 rings (SSSR count). The van der Waals surface area contributed by atoms with E-state index in [4.69, 9.17) is 4.42 Å². The highest BCUT2D eigenvalue weighted by molar-refractivity contribution is 8.00. The van der Waals surface area contributed by atoms with E-state index in [1.165, 1.54) is 40.1 Å². The fourth-order valence-corrected chi connectivity index (χ4v) is 6.11. The second-order valence-corrected chi connectivity index (χ2v) is 10.4. The van der Waals surface area contributed by atoms with E-state index in [2.05, 4.69) is 10.2 Å². The van der Waals surface area contributed by atoms with Gasteiger partial charge in [-0.05, 0) is 35.4 Å². The van der Waals surface area contributed by atoms with E-state index in [9.17, 15) is 19.7 Å². The molecule has 182 valence electrons. The number of non-ortho nitro benzene ring substituents is 1. The van der Waals surface area contributed by atoms with Crippen LogP contribution in [0, 0.1) is 10.1 Å². The lowest BCUT2D eigenvalue weighted by Crippen LogP contribution is -2.29. The highest BCUT2D eigenvalue weighted by atomic mass is 32.2. The molecule has 5 aromatic rings. The summed E-state index contributed by atoms with van der Waals surface area (Å²) in [4.78, 5) is 39.3. The molecule has 0 saturated heterocycles. The van der Waals surface area contributed by atoms with Gasteiger partial charge in [0.2, 0.25) is 10.9 Å². The van der Waals surface area contributed by atoms with E-state index in [1.54, 1.807) is 36.4 Å². The Morgan fingerprint density at radius 3 is 2.46 bits per heavy atom. The number of carbonyl (C=O) groups excluding carboxylic acids is 1. The molecular weight excluding hydrogens is 512 g/mol. The minimum atomic E-state index is -0.871. The third-order valence-electron chi connectivity index (χ3n) is 6.00. The van der Waals surface area contributed by atoms with Gasteiger partial charge in [0.25, 0.3) is 11.6 Å². The third-order valence-corrected chi connectivity index (χ3v) is 8.13. The van der Waals surface area contributed by atoms with Crippen molar-refractivity contribution in [3.63, 3.8) is 0 Å². The maximum absolute atomic E-state index is 13.7. The number of hydrogen-bond donors (Lipinski definition) is 0. The Morgan fingerprint density at radius 1 is 0.973 bits per heavy atom. The molecule has 0 saturated carbocycles.